The zero-order chi connectivity index (χ0) is 22.2. The summed E-state index contributed by atoms with van der Waals surface area (Å²) in [4.78, 5) is 14.8. The predicted octanol–water partition coefficient (Wildman–Crippen LogP) is 3.51. The number of hydrogen-bond acceptors (Lipinski definition) is 6. The van der Waals surface area contributed by atoms with E-state index < -0.39 is 0 Å². The molecule has 0 bridgehead atoms. The summed E-state index contributed by atoms with van der Waals surface area (Å²) in [5, 5.41) is 12.7. The van der Waals surface area contributed by atoms with E-state index in [4.69, 9.17) is 4.74 Å². The van der Waals surface area contributed by atoms with Crippen LogP contribution in [0.1, 0.15) is 24.8 Å². The maximum absolute atomic E-state index is 12.6. The summed E-state index contributed by atoms with van der Waals surface area (Å²) in [5.74, 6) is 1.39. The third kappa shape index (κ3) is 5.49. The Bertz CT molecular complexity index is 990. The van der Waals surface area contributed by atoms with Gasteiger partial charge in [0.05, 0.1) is 24.7 Å². The molecule has 1 unspecified atom stereocenters. The van der Waals surface area contributed by atoms with Gasteiger partial charge >= 0.3 is 0 Å². The van der Waals surface area contributed by atoms with Crippen molar-refractivity contribution >= 4 is 23.6 Å². The quantitative estimate of drug-likeness (QED) is 0.502. The van der Waals surface area contributed by atoms with E-state index in [2.05, 4.69) is 39.5 Å². The van der Waals surface area contributed by atoms with Gasteiger partial charge in [-0.25, -0.2) is 0 Å². The number of morpholine rings is 1. The molecule has 1 N–H and O–H groups in total. The first-order valence-corrected chi connectivity index (χ1v) is 12.0. The number of para-hydroxylation sites is 1. The van der Waals surface area contributed by atoms with Crippen LogP contribution in [-0.4, -0.2) is 59.3 Å². The minimum absolute atomic E-state index is 0.0000784. The number of anilines is 1. The SMILES string of the molecule is CCC(CNC(=O)CSc1nnc(N2CCOCC2)n1-c1ccccc1)c1ccccc1. The number of benzene rings is 2. The lowest BCUT2D eigenvalue weighted by Gasteiger charge is -2.27. The van der Waals surface area contributed by atoms with Crippen LogP contribution in [0.15, 0.2) is 65.8 Å². The molecule has 0 spiro atoms. The largest absolute Gasteiger partial charge is 0.378 e. The van der Waals surface area contributed by atoms with Gasteiger partial charge < -0.3 is 15.0 Å². The zero-order valence-electron chi connectivity index (χ0n) is 18.3. The molecular formula is C24H29N5O2S. The fourth-order valence-corrected chi connectivity index (χ4v) is 4.55. The molecule has 1 fully saturated rings. The number of carbonyl (C=O) groups excluding carboxylic acids is 1. The molecule has 7 nitrogen and oxygen atoms in total. The second-order valence-electron chi connectivity index (χ2n) is 7.66. The number of thioether (sulfide) groups is 1. The topological polar surface area (TPSA) is 72.3 Å². The molecule has 1 amide bonds. The van der Waals surface area contributed by atoms with Crippen LogP contribution < -0.4 is 10.2 Å². The van der Waals surface area contributed by atoms with E-state index >= 15 is 0 Å². The van der Waals surface area contributed by atoms with Gasteiger partial charge in [-0.15, -0.1) is 10.2 Å². The third-order valence-corrected chi connectivity index (χ3v) is 6.50. The lowest BCUT2D eigenvalue weighted by molar-refractivity contribution is -0.118. The van der Waals surface area contributed by atoms with E-state index in [1.165, 1.54) is 17.3 Å². The third-order valence-electron chi connectivity index (χ3n) is 5.57. The van der Waals surface area contributed by atoms with Crippen LogP contribution in [0.3, 0.4) is 0 Å². The van der Waals surface area contributed by atoms with E-state index in [-0.39, 0.29) is 5.91 Å². The molecule has 2 heterocycles. The molecule has 2 aromatic carbocycles. The highest BCUT2D eigenvalue weighted by atomic mass is 32.2. The minimum Gasteiger partial charge on any atom is -0.378 e. The predicted molar refractivity (Wildman–Crippen MR) is 128 cm³/mol. The number of carbonyl (C=O) groups is 1. The highest BCUT2D eigenvalue weighted by Gasteiger charge is 2.22. The summed E-state index contributed by atoms with van der Waals surface area (Å²) in [6, 6.07) is 20.4. The fourth-order valence-electron chi connectivity index (χ4n) is 3.77. The van der Waals surface area contributed by atoms with Gasteiger partial charge in [0.15, 0.2) is 5.16 Å². The summed E-state index contributed by atoms with van der Waals surface area (Å²) < 4.78 is 7.51. The summed E-state index contributed by atoms with van der Waals surface area (Å²) in [6.07, 6.45) is 0.975. The van der Waals surface area contributed by atoms with Gasteiger partial charge in [0, 0.05) is 25.6 Å². The van der Waals surface area contributed by atoms with Crippen molar-refractivity contribution < 1.29 is 9.53 Å². The molecule has 0 radical (unpaired) electrons. The molecule has 0 aliphatic carbocycles. The van der Waals surface area contributed by atoms with Crippen LogP contribution >= 0.6 is 11.8 Å². The summed E-state index contributed by atoms with van der Waals surface area (Å²) in [7, 11) is 0. The number of nitrogens with one attached hydrogen (secondary N) is 1. The van der Waals surface area contributed by atoms with E-state index in [9.17, 15) is 4.79 Å². The number of hydrogen-bond donors (Lipinski definition) is 1. The number of aromatic nitrogens is 3. The maximum atomic E-state index is 12.6. The molecule has 1 saturated heterocycles. The Kier molecular flexibility index (Phi) is 7.79. The van der Waals surface area contributed by atoms with Gasteiger partial charge in [-0.2, -0.15) is 0 Å². The first-order chi connectivity index (χ1) is 15.8. The fraction of sp³-hybridized carbons (Fsp3) is 0.375. The smallest absolute Gasteiger partial charge is 0.232 e. The highest BCUT2D eigenvalue weighted by Crippen LogP contribution is 2.27. The normalized spacial score (nSPS) is 14.8. The van der Waals surface area contributed by atoms with Crippen molar-refractivity contribution in [3.8, 4) is 5.69 Å². The number of rotatable bonds is 9. The standard InChI is InChI=1S/C24H29N5O2S/c1-2-19(20-9-5-3-6-10-20)17-25-22(30)18-32-24-27-26-23(28-13-15-31-16-14-28)29(24)21-11-7-4-8-12-21/h3-12,19H,2,13-18H2,1H3,(H,25,30). The maximum Gasteiger partial charge on any atom is 0.232 e. The van der Waals surface area contributed by atoms with Crippen LogP contribution in [0.25, 0.3) is 5.69 Å². The van der Waals surface area contributed by atoms with Crippen molar-refractivity contribution in [2.24, 2.45) is 0 Å². The Morgan fingerprint density at radius 1 is 1.06 bits per heavy atom. The Morgan fingerprint density at radius 2 is 1.75 bits per heavy atom. The first-order valence-electron chi connectivity index (χ1n) is 11.0. The molecule has 1 atom stereocenters. The molecule has 3 aromatic rings. The molecule has 1 aliphatic heterocycles. The Labute approximate surface area is 193 Å². The van der Waals surface area contributed by atoms with Crippen LogP contribution in [0.2, 0.25) is 0 Å². The van der Waals surface area contributed by atoms with Crippen molar-refractivity contribution in [1.82, 2.24) is 20.1 Å². The Morgan fingerprint density at radius 3 is 2.44 bits per heavy atom. The van der Waals surface area contributed by atoms with Crippen molar-refractivity contribution in [3.63, 3.8) is 0 Å². The zero-order valence-corrected chi connectivity index (χ0v) is 19.1. The average Bonchev–Trinajstić information content (AvgIpc) is 3.29. The molecule has 4 rings (SSSR count). The van der Waals surface area contributed by atoms with E-state index in [1.54, 1.807) is 0 Å². The van der Waals surface area contributed by atoms with Crippen molar-refractivity contribution in [3.05, 3.63) is 66.2 Å². The van der Waals surface area contributed by atoms with Gasteiger partial charge in [0.25, 0.3) is 0 Å². The lowest BCUT2D eigenvalue weighted by Crippen LogP contribution is -2.37. The molecule has 0 saturated carbocycles. The number of nitrogens with zero attached hydrogens (tertiary/aromatic N) is 4. The molecule has 1 aromatic heterocycles. The van der Waals surface area contributed by atoms with Crippen molar-refractivity contribution in [2.75, 3.05) is 43.5 Å². The van der Waals surface area contributed by atoms with Gasteiger partial charge in [-0.05, 0) is 24.1 Å². The first kappa shape index (κ1) is 22.4. The second-order valence-corrected chi connectivity index (χ2v) is 8.60. The lowest BCUT2D eigenvalue weighted by atomic mass is 9.96. The van der Waals surface area contributed by atoms with Gasteiger partial charge in [0.2, 0.25) is 11.9 Å². The van der Waals surface area contributed by atoms with Crippen LogP contribution in [0.4, 0.5) is 5.95 Å². The summed E-state index contributed by atoms with van der Waals surface area (Å²) in [5.41, 5.74) is 2.24. The number of ether oxygens (including phenoxy) is 1. The number of amides is 1. The van der Waals surface area contributed by atoms with E-state index in [0.717, 1.165) is 31.1 Å². The van der Waals surface area contributed by atoms with Crippen LogP contribution in [0.5, 0.6) is 0 Å². The van der Waals surface area contributed by atoms with E-state index in [0.29, 0.717) is 36.6 Å². The summed E-state index contributed by atoms with van der Waals surface area (Å²) >= 11 is 1.41. The monoisotopic (exact) mass is 451 g/mol. The van der Waals surface area contributed by atoms with Crippen molar-refractivity contribution in [1.29, 1.82) is 0 Å². The Balaban J connectivity index is 1.42. The van der Waals surface area contributed by atoms with Crippen molar-refractivity contribution in [2.45, 2.75) is 24.4 Å². The van der Waals surface area contributed by atoms with E-state index in [1.807, 2.05) is 53.1 Å². The summed E-state index contributed by atoms with van der Waals surface area (Å²) in [6.45, 7) is 5.67. The highest BCUT2D eigenvalue weighted by molar-refractivity contribution is 7.99. The Hall–Kier alpha value is -2.84. The molecule has 1 aliphatic rings. The van der Waals surface area contributed by atoms with Gasteiger partial charge in [-0.3, -0.25) is 9.36 Å². The van der Waals surface area contributed by atoms with Gasteiger partial charge in [0.1, 0.15) is 0 Å². The molecular weight excluding hydrogens is 422 g/mol. The molecule has 32 heavy (non-hydrogen) atoms. The average molecular weight is 452 g/mol. The molecule has 8 heteroatoms. The minimum atomic E-state index is -0.0000784. The van der Waals surface area contributed by atoms with Crippen LogP contribution in [0, 0.1) is 0 Å². The molecule has 168 valence electrons. The second kappa shape index (κ2) is 11.2. The van der Waals surface area contributed by atoms with Crippen LogP contribution in [-0.2, 0) is 9.53 Å². The van der Waals surface area contributed by atoms with Gasteiger partial charge in [-0.1, -0.05) is 67.2 Å².